The lowest BCUT2D eigenvalue weighted by atomic mass is 9.79. The van der Waals surface area contributed by atoms with E-state index in [1.165, 1.54) is 19.3 Å². The molecule has 4 rings (SSSR count). The van der Waals surface area contributed by atoms with Crippen molar-refractivity contribution >= 4 is 46.7 Å². The summed E-state index contributed by atoms with van der Waals surface area (Å²) in [6.45, 7) is 0. The molecule has 2 bridgehead atoms. The summed E-state index contributed by atoms with van der Waals surface area (Å²) in [5, 5.41) is 9.28. The number of thiocarbonyl (C=S) groups is 1. The number of nitrogens with zero attached hydrogens (tertiary/aromatic N) is 1. The average molecular weight is 380 g/mol. The van der Waals surface area contributed by atoms with E-state index in [2.05, 4.69) is 28.0 Å². The lowest BCUT2D eigenvalue weighted by molar-refractivity contribution is 0.246. The largest absolute Gasteiger partial charge is 0.358 e. The van der Waals surface area contributed by atoms with Gasteiger partial charge >= 0.3 is 0 Å². The highest BCUT2D eigenvalue weighted by Gasteiger charge is 2.52. The van der Waals surface area contributed by atoms with Gasteiger partial charge in [0.25, 0.3) is 0 Å². The van der Waals surface area contributed by atoms with Gasteiger partial charge in [-0.15, -0.1) is 0 Å². The number of benzene rings is 1. The topological polar surface area (TPSA) is 36.4 Å². The van der Waals surface area contributed by atoms with Gasteiger partial charge in [-0.25, -0.2) is 0 Å². The van der Waals surface area contributed by atoms with Crippen LogP contribution in [0.2, 0.25) is 10.0 Å². The van der Waals surface area contributed by atoms with Crippen LogP contribution in [0.15, 0.2) is 35.5 Å². The summed E-state index contributed by atoms with van der Waals surface area (Å²) in [7, 11) is 0. The van der Waals surface area contributed by atoms with Gasteiger partial charge in [0.1, 0.15) is 0 Å². The molecule has 3 aliphatic carbocycles. The molecule has 0 heterocycles. The molecular formula is C18H19Cl2N3S. The van der Waals surface area contributed by atoms with Gasteiger partial charge in [-0.05, 0) is 72.8 Å². The van der Waals surface area contributed by atoms with E-state index in [4.69, 9.17) is 35.4 Å². The predicted octanol–water partition coefficient (Wildman–Crippen LogP) is 4.39. The number of hydrogen-bond donors (Lipinski definition) is 2. The first-order valence-corrected chi connectivity index (χ1v) is 9.49. The molecule has 6 heteroatoms. The van der Waals surface area contributed by atoms with E-state index >= 15 is 0 Å². The molecule has 2 saturated carbocycles. The Labute approximate surface area is 157 Å². The van der Waals surface area contributed by atoms with Gasteiger partial charge in [0.05, 0.1) is 16.3 Å². The van der Waals surface area contributed by atoms with Crippen LogP contribution >= 0.6 is 35.4 Å². The third-order valence-corrected chi connectivity index (χ3v) is 6.60. The molecule has 5 unspecified atom stereocenters. The Balaban J connectivity index is 1.30. The van der Waals surface area contributed by atoms with Crippen molar-refractivity contribution in [3.05, 3.63) is 46.0 Å². The zero-order valence-electron chi connectivity index (χ0n) is 13.1. The molecule has 0 saturated heterocycles. The molecule has 24 heavy (non-hydrogen) atoms. The van der Waals surface area contributed by atoms with Crippen LogP contribution in [0, 0.1) is 23.7 Å². The van der Waals surface area contributed by atoms with Crippen LogP contribution in [0.25, 0.3) is 0 Å². The molecule has 1 aromatic carbocycles. The van der Waals surface area contributed by atoms with Crippen LogP contribution in [-0.2, 0) is 0 Å². The Hall–Kier alpha value is -1.10. The van der Waals surface area contributed by atoms with E-state index in [-0.39, 0.29) is 0 Å². The summed E-state index contributed by atoms with van der Waals surface area (Å²) in [4.78, 5) is 0. The van der Waals surface area contributed by atoms with Crippen molar-refractivity contribution in [3.8, 4) is 0 Å². The molecule has 126 valence electrons. The smallest absolute Gasteiger partial charge is 0.187 e. The van der Waals surface area contributed by atoms with Gasteiger partial charge < -0.3 is 5.32 Å². The highest BCUT2D eigenvalue weighted by molar-refractivity contribution is 7.80. The molecule has 0 spiro atoms. The maximum Gasteiger partial charge on any atom is 0.187 e. The molecule has 0 radical (unpaired) electrons. The molecule has 3 nitrogen and oxygen atoms in total. The number of hydrogen-bond acceptors (Lipinski definition) is 2. The zero-order chi connectivity index (χ0) is 16.7. The number of halogens is 2. The molecular weight excluding hydrogens is 361 g/mol. The molecule has 0 aliphatic heterocycles. The molecule has 5 atom stereocenters. The summed E-state index contributed by atoms with van der Waals surface area (Å²) in [6, 6.07) is 5.86. The van der Waals surface area contributed by atoms with Crippen LogP contribution in [0.4, 0.5) is 0 Å². The van der Waals surface area contributed by atoms with Gasteiger partial charge in [0.15, 0.2) is 5.11 Å². The summed E-state index contributed by atoms with van der Waals surface area (Å²) in [5.41, 5.74) is 3.78. The minimum absolute atomic E-state index is 0.471. The maximum atomic E-state index is 5.99. The van der Waals surface area contributed by atoms with E-state index < -0.39 is 0 Å². The predicted molar refractivity (Wildman–Crippen MR) is 104 cm³/mol. The Morgan fingerprint density at radius 1 is 1.21 bits per heavy atom. The summed E-state index contributed by atoms with van der Waals surface area (Å²) >= 11 is 17.3. The second kappa shape index (κ2) is 6.66. The number of nitrogens with one attached hydrogen (secondary N) is 2. The van der Waals surface area contributed by atoms with Crippen LogP contribution in [0.3, 0.4) is 0 Å². The number of fused-ring (bicyclic) bond motifs is 5. The van der Waals surface area contributed by atoms with Gasteiger partial charge in [-0.3, -0.25) is 5.43 Å². The van der Waals surface area contributed by atoms with Gasteiger partial charge in [0, 0.05) is 6.04 Å². The van der Waals surface area contributed by atoms with Crippen LogP contribution in [0.1, 0.15) is 24.8 Å². The normalized spacial score (nSPS) is 33.2. The SMILES string of the molecule is S=C(N/N=C/c1ccc(Cl)c(Cl)c1)NC1CC2CC1C1C=CCC21. The molecule has 3 aliphatic rings. The lowest BCUT2D eigenvalue weighted by Gasteiger charge is -2.32. The van der Waals surface area contributed by atoms with Crippen molar-refractivity contribution < 1.29 is 0 Å². The minimum Gasteiger partial charge on any atom is -0.358 e. The van der Waals surface area contributed by atoms with E-state index in [0.29, 0.717) is 21.2 Å². The molecule has 2 N–H and O–H groups in total. The Morgan fingerprint density at radius 3 is 2.92 bits per heavy atom. The first-order valence-electron chi connectivity index (χ1n) is 8.33. The monoisotopic (exact) mass is 379 g/mol. The van der Waals surface area contributed by atoms with Crippen molar-refractivity contribution in [2.24, 2.45) is 28.8 Å². The van der Waals surface area contributed by atoms with E-state index in [9.17, 15) is 0 Å². The Morgan fingerprint density at radius 2 is 2.08 bits per heavy atom. The number of rotatable bonds is 3. The molecule has 0 aromatic heterocycles. The van der Waals surface area contributed by atoms with Crippen LogP contribution in [-0.4, -0.2) is 17.4 Å². The van der Waals surface area contributed by atoms with Gasteiger partial charge in [-0.1, -0.05) is 41.4 Å². The third kappa shape index (κ3) is 3.07. The van der Waals surface area contributed by atoms with Crippen molar-refractivity contribution in [1.82, 2.24) is 10.7 Å². The second-order valence-electron chi connectivity index (χ2n) is 6.92. The Kier molecular flexibility index (Phi) is 4.54. The molecule has 2 fully saturated rings. The van der Waals surface area contributed by atoms with Crippen molar-refractivity contribution in [2.75, 3.05) is 0 Å². The van der Waals surface area contributed by atoms with E-state index in [1.807, 2.05) is 6.07 Å². The van der Waals surface area contributed by atoms with Crippen LogP contribution in [0.5, 0.6) is 0 Å². The molecule has 1 aromatic rings. The van der Waals surface area contributed by atoms with Crippen molar-refractivity contribution in [2.45, 2.75) is 25.3 Å². The maximum absolute atomic E-state index is 5.99. The number of hydrazone groups is 1. The van der Waals surface area contributed by atoms with Gasteiger partial charge in [-0.2, -0.15) is 5.10 Å². The average Bonchev–Trinajstić information content (AvgIpc) is 3.23. The number of allylic oxidation sites excluding steroid dienone is 2. The first-order chi connectivity index (χ1) is 11.6. The second-order valence-corrected chi connectivity index (χ2v) is 8.15. The first kappa shape index (κ1) is 16.4. The fourth-order valence-electron chi connectivity index (χ4n) is 4.67. The van der Waals surface area contributed by atoms with E-state index in [1.54, 1.807) is 18.3 Å². The van der Waals surface area contributed by atoms with Crippen LogP contribution < -0.4 is 10.7 Å². The zero-order valence-corrected chi connectivity index (χ0v) is 15.4. The fraction of sp³-hybridized carbons (Fsp3) is 0.444. The van der Waals surface area contributed by atoms with Gasteiger partial charge in [0.2, 0.25) is 0 Å². The quantitative estimate of drug-likeness (QED) is 0.353. The summed E-state index contributed by atoms with van der Waals surface area (Å²) < 4.78 is 0. The fourth-order valence-corrected chi connectivity index (χ4v) is 5.18. The summed E-state index contributed by atoms with van der Waals surface area (Å²) in [6.07, 6.45) is 10.3. The lowest BCUT2D eigenvalue weighted by Crippen LogP contribution is -2.45. The molecule has 0 amide bonds. The standard InChI is InChI=1S/C18H19Cl2N3S/c19-15-5-4-10(6-16(15)20)9-21-23-18(24)22-17-8-11-7-14(17)13-3-1-2-12(11)13/h1,3-6,9,11-14,17H,2,7-8H2,(H2,22,23,24)/b21-9+. The van der Waals surface area contributed by atoms with E-state index in [0.717, 1.165) is 29.2 Å². The summed E-state index contributed by atoms with van der Waals surface area (Å²) in [5.74, 6) is 3.22. The highest BCUT2D eigenvalue weighted by Crippen LogP contribution is 2.56. The highest BCUT2D eigenvalue weighted by atomic mass is 35.5. The third-order valence-electron chi connectivity index (χ3n) is 5.65. The van der Waals surface area contributed by atoms with Crippen molar-refractivity contribution in [1.29, 1.82) is 0 Å². The minimum atomic E-state index is 0.471. The van der Waals surface area contributed by atoms with Crippen molar-refractivity contribution in [3.63, 3.8) is 0 Å². The Bertz CT molecular complexity index is 718.